The Morgan fingerprint density at radius 1 is 1.05 bits per heavy atom. The van der Waals surface area contributed by atoms with Crippen molar-refractivity contribution < 1.29 is 4.39 Å². The summed E-state index contributed by atoms with van der Waals surface area (Å²) in [7, 11) is 0. The van der Waals surface area contributed by atoms with E-state index in [2.05, 4.69) is 31.0 Å². The summed E-state index contributed by atoms with van der Waals surface area (Å²) >= 11 is 0. The standard InChI is InChI=1S/C16H16FN3/c1-9-6-15-16(7-10(9)2)20(11(3)19-15)12-4-5-14(18)13(17)8-12/h4-8H,18H2,1-3H3. The molecule has 2 N–H and O–H groups in total. The molecule has 0 bridgehead atoms. The van der Waals surface area contributed by atoms with Crippen LogP contribution in [0.25, 0.3) is 16.7 Å². The molecule has 1 aromatic heterocycles. The highest BCUT2D eigenvalue weighted by Gasteiger charge is 2.12. The fraction of sp³-hybridized carbons (Fsp3) is 0.188. The number of nitrogen functional groups attached to an aromatic ring is 1. The van der Waals surface area contributed by atoms with Crippen LogP contribution in [0.2, 0.25) is 0 Å². The van der Waals surface area contributed by atoms with Gasteiger partial charge in [-0.15, -0.1) is 0 Å². The number of benzene rings is 2. The summed E-state index contributed by atoms with van der Waals surface area (Å²) in [4.78, 5) is 4.55. The summed E-state index contributed by atoms with van der Waals surface area (Å²) in [5, 5.41) is 0. The van der Waals surface area contributed by atoms with E-state index in [-0.39, 0.29) is 5.69 Å². The number of nitrogens with zero attached hydrogens (tertiary/aromatic N) is 2. The monoisotopic (exact) mass is 269 g/mol. The highest BCUT2D eigenvalue weighted by atomic mass is 19.1. The van der Waals surface area contributed by atoms with Crippen LogP contribution in [-0.2, 0) is 0 Å². The van der Waals surface area contributed by atoms with E-state index in [1.165, 1.54) is 17.2 Å². The van der Waals surface area contributed by atoms with Crippen molar-refractivity contribution in [1.29, 1.82) is 0 Å². The van der Waals surface area contributed by atoms with Crippen molar-refractivity contribution in [3.63, 3.8) is 0 Å². The number of anilines is 1. The lowest BCUT2D eigenvalue weighted by Gasteiger charge is -2.09. The van der Waals surface area contributed by atoms with Gasteiger partial charge >= 0.3 is 0 Å². The molecule has 3 rings (SSSR count). The highest BCUT2D eigenvalue weighted by Crippen LogP contribution is 2.25. The maximum absolute atomic E-state index is 13.7. The van der Waals surface area contributed by atoms with Crippen LogP contribution in [0.15, 0.2) is 30.3 Å². The van der Waals surface area contributed by atoms with E-state index in [1.54, 1.807) is 6.07 Å². The van der Waals surface area contributed by atoms with E-state index >= 15 is 0 Å². The normalized spacial score (nSPS) is 11.2. The molecule has 0 aliphatic carbocycles. The third kappa shape index (κ3) is 1.84. The zero-order valence-electron chi connectivity index (χ0n) is 11.7. The van der Waals surface area contributed by atoms with Crippen molar-refractivity contribution in [1.82, 2.24) is 9.55 Å². The van der Waals surface area contributed by atoms with E-state index in [9.17, 15) is 4.39 Å². The summed E-state index contributed by atoms with van der Waals surface area (Å²) in [6.45, 7) is 6.04. The molecule has 0 fully saturated rings. The van der Waals surface area contributed by atoms with Crippen molar-refractivity contribution >= 4 is 16.7 Å². The minimum atomic E-state index is -0.410. The van der Waals surface area contributed by atoms with Gasteiger partial charge in [0.15, 0.2) is 0 Å². The second-order valence-electron chi connectivity index (χ2n) is 5.13. The molecule has 1 heterocycles. The average Bonchev–Trinajstić information content (AvgIpc) is 2.69. The fourth-order valence-electron chi connectivity index (χ4n) is 2.43. The van der Waals surface area contributed by atoms with Gasteiger partial charge in [0, 0.05) is 6.07 Å². The number of aryl methyl sites for hydroxylation is 3. The van der Waals surface area contributed by atoms with E-state index < -0.39 is 5.82 Å². The van der Waals surface area contributed by atoms with Gasteiger partial charge in [0.2, 0.25) is 0 Å². The molecular weight excluding hydrogens is 253 g/mol. The SMILES string of the molecule is Cc1cc2nc(C)n(-c3ccc(N)c(F)c3)c2cc1C. The molecule has 20 heavy (non-hydrogen) atoms. The van der Waals surface area contributed by atoms with Crippen LogP contribution in [0.4, 0.5) is 10.1 Å². The maximum Gasteiger partial charge on any atom is 0.148 e. The van der Waals surface area contributed by atoms with Crippen molar-refractivity contribution in [3.8, 4) is 5.69 Å². The molecule has 0 aliphatic rings. The number of hydrogen-bond donors (Lipinski definition) is 1. The van der Waals surface area contributed by atoms with Crippen molar-refractivity contribution in [3.05, 3.63) is 53.1 Å². The number of fused-ring (bicyclic) bond motifs is 1. The Hall–Kier alpha value is -2.36. The molecule has 4 heteroatoms. The van der Waals surface area contributed by atoms with E-state index in [4.69, 9.17) is 5.73 Å². The molecule has 0 aliphatic heterocycles. The molecule has 3 nitrogen and oxygen atoms in total. The van der Waals surface area contributed by atoms with E-state index in [0.29, 0.717) is 0 Å². The average molecular weight is 269 g/mol. The van der Waals surface area contributed by atoms with Crippen LogP contribution < -0.4 is 5.73 Å². The Morgan fingerprint density at radius 3 is 2.45 bits per heavy atom. The molecule has 2 aromatic carbocycles. The quantitative estimate of drug-likeness (QED) is 0.685. The Morgan fingerprint density at radius 2 is 1.75 bits per heavy atom. The maximum atomic E-state index is 13.7. The minimum absolute atomic E-state index is 0.155. The molecule has 0 spiro atoms. The van der Waals surface area contributed by atoms with Crippen molar-refractivity contribution in [2.75, 3.05) is 5.73 Å². The van der Waals surface area contributed by atoms with Crippen LogP contribution in [0.3, 0.4) is 0 Å². The molecule has 0 saturated heterocycles. The lowest BCUT2D eigenvalue weighted by atomic mass is 10.1. The molecule has 0 radical (unpaired) electrons. The molecular formula is C16H16FN3. The third-order valence-corrected chi connectivity index (χ3v) is 3.68. The first-order valence-corrected chi connectivity index (χ1v) is 6.49. The molecule has 0 atom stereocenters. The topological polar surface area (TPSA) is 43.8 Å². The zero-order chi connectivity index (χ0) is 14.4. The van der Waals surface area contributed by atoms with Gasteiger partial charge in [-0.2, -0.15) is 0 Å². The number of hydrogen-bond acceptors (Lipinski definition) is 2. The Labute approximate surface area is 116 Å². The summed E-state index contributed by atoms with van der Waals surface area (Å²) < 4.78 is 15.6. The number of halogens is 1. The second-order valence-corrected chi connectivity index (χ2v) is 5.13. The molecule has 0 unspecified atom stereocenters. The highest BCUT2D eigenvalue weighted by molar-refractivity contribution is 5.80. The van der Waals surface area contributed by atoms with Gasteiger partial charge in [-0.1, -0.05) is 0 Å². The van der Waals surface area contributed by atoms with Gasteiger partial charge in [0.05, 0.1) is 22.4 Å². The summed E-state index contributed by atoms with van der Waals surface area (Å²) in [5.74, 6) is 0.418. The fourth-order valence-corrected chi connectivity index (χ4v) is 2.43. The lowest BCUT2D eigenvalue weighted by molar-refractivity contribution is 0.631. The van der Waals surface area contributed by atoms with Crippen molar-refractivity contribution in [2.24, 2.45) is 0 Å². The van der Waals surface area contributed by atoms with Gasteiger partial charge in [-0.25, -0.2) is 9.37 Å². The van der Waals surface area contributed by atoms with Gasteiger partial charge in [0.25, 0.3) is 0 Å². The van der Waals surface area contributed by atoms with Gasteiger partial charge in [-0.3, -0.25) is 4.57 Å². The van der Waals surface area contributed by atoms with Crippen molar-refractivity contribution in [2.45, 2.75) is 20.8 Å². The van der Waals surface area contributed by atoms with Crippen LogP contribution in [-0.4, -0.2) is 9.55 Å². The van der Waals surface area contributed by atoms with Crippen LogP contribution in [0, 0.1) is 26.6 Å². The Kier molecular flexibility index (Phi) is 2.74. The minimum Gasteiger partial charge on any atom is -0.396 e. The second kappa shape index (κ2) is 4.34. The third-order valence-electron chi connectivity index (χ3n) is 3.68. The van der Waals surface area contributed by atoms with Crippen LogP contribution in [0.1, 0.15) is 17.0 Å². The number of rotatable bonds is 1. The summed E-state index contributed by atoms with van der Waals surface area (Å²) in [5.41, 5.74) is 10.7. The number of aromatic nitrogens is 2. The predicted octanol–water partition coefficient (Wildman–Crippen LogP) is 3.67. The summed E-state index contributed by atoms with van der Waals surface area (Å²) in [6.07, 6.45) is 0. The van der Waals surface area contributed by atoms with Gasteiger partial charge < -0.3 is 5.73 Å². The van der Waals surface area contributed by atoms with Gasteiger partial charge in [-0.05, 0) is 56.2 Å². The molecule has 0 amide bonds. The zero-order valence-corrected chi connectivity index (χ0v) is 11.7. The first-order chi connectivity index (χ1) is 9.47. The van der Waals surface area contributed by atoms with Gasteiger partial charge in [0.1, 0.15) is 11.6 Å². The molecule has 3 aromatic rings. The first-order valence-electron chi connectivity index (χ1n) is 6.49. The predicted molar refractivity (Wildman–Crippen MR) is 79.7 cm³/mol. The van der Waals surface area contributed by atoms with Crippen LogP contribution in [0.5, 0.6) is 0 Å². The number of nitrogens with two attached hydrogens (primary N) is 1. The molecule has 0 saturated carbocycles. The first kappa shape index (κ1) is 12.7. The smallest absolute Gasteiger partial charge is 0.148 e. The Balaban J connectivity index is 2.32. The van der Waals surface area contributed by atoms with E-state index in [0.717, 1.165) is 22.5 Å². The van der Waals surface area contributed by atoms with Crippen LogP contribution >= 0.6 is 0 Å². The van der Waals surface area contributed by atoms with E-state index in [1.807, 2.05) is 17.6 Å². The molecule has 102 valence electrons. The largest absolute Gasteiger partial charge is 0.396 e. The Bertz CT molecular complexity index is 818. The lowest BCUT2D eigenvalue weighted by Crippen LogP contribution is -1.99. The number of imidazole rings is 1. The summed E-state index contributed by atoms with van der Waals surface area (Å²) in [6, 6.07) is 8.97.